The summed E-state index contributed by atoms with van der Waals surface area (Å²) in [7, 11) is 4.07. The third-order valence-electron chi connectivity index (χ3n) is 3.16. The van der Waals surface area contributed by atoms with Gasteiger partial charge in [-0.3, -0.25) is 4.99 Å². The van der Waals surface area contributed by atoms with Crippen molar-refractivity contribution in [3.05, 3.63) is 0 Å². The lowest BCUT2D eigenvalue weighted by atomic mass is 9.96. The summed E-state index contributed by atoms with van der Waals surface area (Å²) in [6, 6.07) is 0.525. The SMILES string of the molecule is CN(C)CCOCCN=C(N)NC1CCCCC1. The van der Waals surface area contributed by atoms with E-state index in [1.807, 2.05) is 14.1 Å². The molecule has 0 radical (unpaired) electrons. The molecule has 0 spiro atoms. The molecule has 5 nitrogen and oxygen atoms in total. The lowest BCUT2D eigenvalue weighted by Crippen LogP contribution is -2.41. The first-order valence-corrected chi connectivity index (χ1v) is 6.97. The maximum absolute atomic E-state index is 5.84. The molecule has 106 valence electrons. The zero-order chi connectivity index (χ0) is 13.2. The Morgan fingerprint density at radius 3 is 2.67 bits per heavy atom. The molecule has 5 heteroatoms. The van der Waals surface area contributed by atoms with E-state index in [1.165, 1.54) is 32.1 Å². The van der Waals surface area contributed by atoms with Crippen molar-refractivity contribution in [3.63, 3.8) is 0 Å². The molecule has 1 aliphatic carbocycles. The van der Waals surface area contributed by atoms with Gasteiger partial charge in [0, 0.05) is 12.6 Å². The van der Waals surface area contributed by atoms with Crippen molar-refractivity contribution in [2.24, 2.45) is 10.7 Å². The zero-order valence-electron chi connectivity index (χ0n) is 11.8. The van der Waals surface area contributed by atoms with E-state index in [1.54, 1.807) is 0 Å². The van der Waals surface area contributed by atoms with Crippen LogP contribution in [0.2, 0.25) is 0 Å². The smallest absolute Gasteiger partial charge is 0.188 e. The van der Waals surface area contributed by atoms with E-state index in [9.17, 15) is 0 Å². The van der Waals surface area contributed by atoms with Crippen LogP contribution in [0.3, 0.4) is 0 Å². The minimum Gasteiger partial charge on any atom is -0.378 e. The summed E-state index contributed by atoms with van der Waals surface area (Å²) < 4.78 is 5.45. The van der Waals surface area contributed by atoms with E-state index in [-0.39, 0.29) is 0 Å². The highest BCUT2D eigenvalue weighted by molar-refractivity contribution is 5.78. The summed E-state index contributed by atoms with van der Waals surface area (Å²) in [5, 5.41) is 3.29. The molecule has 1 fully saturated rings. The fraction of sp³-hybridized carbons (Fsp3) is 0.923. The largest absolute Gasteiger partial charge is 0.378 e. The van der Waals surface area contributed by atoms with Crippen LogP contribution in [-0.2, 0) is 4.74 Å². The third kappa shape index (κ3) is 7.50. The maximum atomic E-state index is 5.84. The second-order valence-electron chi connectivity index (χ2n) is 5.16. The number of likely N-dealkylation sites (N-methyl/N-ethyl adjacent to an activating group) is 1. The van der Waals surface area contributed by atoms with Crippen LogP contribution in [0.5, 0.6) is 0 Å². The first kappa shape index (κ1) is 15.2. The normalized spacial score (nSPS) is 18.3. The molecule has 0 heterocycles. The van der Waals surface area contributed by atoms with Gasteiger partial charge in [-0.2, -0.15) is 0 Å². The predicted molar refractivity (Wildman–Crippen MR) is 75.9 cm³/mol. The summed E-state index contributed by atoms with van der Waals surface area (Å²) in [6.45, 7) is 2.97. The summed E-state index contributed by atoms with van der Waals surface area (Å²) in [4.78, 5) is 6.38. The fourth-order valence-electron chi connectivity index (χ4n) is 2.08. The van der Waals surface area contributed by atoms with Gasteiger partial charge in [-0.15, -0.1) is 0 Å². The zero-order valence-corrected chi connectivity index (χ0v) is 11.8. The molecule has 0 amide bonds. The number of hydrogen-bond donors (Lipinski definition) is 2. The van der Waals surface area contributed by atoms with Crippen molar-refractivity contribution >= 4 is 5.96 Å². The Labute approximate surface area is 111 Å². The van der Waals surface area contributed by atoms with Crippen molar-refractivity contribution in [2.45, 2.75) is 38.1 Å². The van der Waals surface area contributed by atoms with E-state index in [2.05, 4.69) is 15.2 Å². The van der Waals surface area contributed by atoms with Gasteiger partial charge in [0.1, 0.15) is 0 Å². The second kappa shape index (κ2) is 9.16. The Bertz CT molecular complexity index is 237. The molecule has 0 aromatic rings. The molecule has 0 saturated heterocycles. The maximum Gasteiger partial charge on any atom is 0.188 e. The third-order valence-corrected chi connectivity index (χ3v) is 3.16. The molecule has 1 rings (SSSR count). The number of rotatable bonds is 7. The highest BCUT2D eigenvalue weighted by atomic mass is 16.5. The van der Waals surface area contributed by atoms with Crippen molar-refractivity contribution in [3.8, 4) is 0 Å². The molecule has 1 saturated carbocycles. The number of nitrogens with two attached hydrogens (primary N) is 1. The van der Waals surface area contributed by atoms with E-state index < -0.39 is 0 Å². The molecule has 1 aliphatic rings. The van der Waals surface area contributed by atoms with Crippen LogP contribution in [0.1, 0.15) is 32.1 Å². The summed E-state index contributed by atoms with van der Waals surface area (Å²) in [6.07, 6.45) is 6.40. The fourth-order valence-corrected chi connectivity index (χ4v) is 2.08. The quantitative estimate of drug-likeness (QED) is 0.402. The van der Waals surface area contributed by atoms with Crippen molar-refractivity contribution < 1.29 is 4.74 Å². The van der Waals surface area contributed by atoms with E-state index in [0.29, 0.717) is 25.2 Å². The number of aliphatic imine (C=N–C) groups is 1. The number of ether oxygens (including phenoxy) is 1. The van der Waals surface area contributed by atoms with Crippen molar-refractivity contribution in [2.75, 3.05) is 40.4 Å². The molecule has 0 aliphatic heterocycles. The molecule has 0 bridgehead atoms. The predicted octanol–water partition coefficient (Wildman–Crippen LogP) is 0.802. The topological polar surface area (TPSA) is 62.9 Å². The molecule has 0 aromatic heterocycles. The van der Waals surface area contributed by atoms with Gasteiger partial charge in [-0.1, -0.05) is 19.3 Å². The molecular formula is C13H28N4O. The summed E-state index contributed by atoms with van der Waals surface area (Å²) in [5.41, 5.74) is 5.84. The number of hydrogen-bond acceptors (Lipinski definition) is 3. The first-order valence-electron chi connectivity index (χ1n) is 6.97. The van der Waals surface area contributed by atoms with Crippen molar-refractivity contribution in [1.82, 2.24) is 10.2 Å². The highest BCUT2D eigenvalue weighted by Gasteiger charge is 2.12. The Balaban J connectivity index is 2.02. The van der Waals surface area contributed by atoms with Gasteiger partial charge in [0.05, 0.1) is 19.8 Å². The van der Waals surface area contributed by atoms with Crippen LogP contribution < -0.4 is 11.1 Å². The van der Waals surface area contributed by atoms with Crippen molar-refractivity contribution in [1.29, 1.82) is 0 Å². The minimum atomic E-state index is 0.525. The molecule has 3 N–H and O–H groups in total. The molecule has 0 atom stereocenters. The van der Waals surface area contributed by atoms with Crippen LogP contribution in [0.15, 0.2) is 4.99 Å². The van der Waals surface area contributed by atoms with Crippen LogP contribution in [0.4, 0.5) is 0 Å². The monoisotopic (exact) mass is 256 g/mol. The number of guanidine groups is 1. The van der Waals surface area contributed by atoms with Crippen LogP contribution in [-0.4, -0.2) is 57.3 Å². The van der Waals surface area contributed by atoms with Gasteiger partial charge in [0.2, 0.25) is 0 Å². The Hall–Kier alpha value is -0.810. The standard InChI is InChI=1S/C13H28N4O/c1-17(2)9-11-18-10-8-15-13(14)16-12-6-4-3-5-7-12/h12H,3-11H2,1-2H3,(H3,14,15,16). The van der Waals surface area contributed by atoms with E-state index >= 15 is 0 Å². The van der Waals surface area contributed by atoms with Gasteiger partial charge in [0.15, 0.2) is 5.96 Å². The molecule has 0 unspecified atom stereocenters. The number of nitrogens with one attached hydrogen (secondary N) is 1. The Kier molecular flexibility index (Phi) is 7.76. The first-order chi connectivity index (χ1) is 8.68. The van der Waals surface area contributed by atoms with Gasteiger partial charge in [0.25, 0.3) is 0 Å². The van der Waals surface area contributed by atoms with E-state index in [0.717, 1.165) is 13.2 Å². The van der Waals surface area contributed by atoms with Gasteiger partial charge in [-0.05, 0) is 26.9 Å². The lowest BCUT2D eigenvalue weighted by Gasteiger charge is -2.23. The average Bonchev–Trinajstić information content (AvgIpc) is 2.34. The Morgan fingerprint density at radius 2 is 2.00 bits per heavy atom. The van der Waals surface area contributed by atoms with Gasteiger partial charge >= 0.3 is 0 Å². The lowest BCUT2D eigenvalue weighted by molar-refractivity contribution is 0.124. The number of nitrogens with zero attached hydrogens (tertiary/aromatic N) is 2. The average molecular weight is 256 g/mol. The van der Waals surface area contributed by atoms with E-state index in [4.69, 9.17) is 10.5 Å². The van der Waals surface area contributed by atoms with Gasteiger partial charge < -0.3 is 20.7 Å². The highest BCUT2D eigenvalue weighted by Crippen LogP contribution is 2.16. The molecule has 0 aromatic carbocycles. The summed E-state index contributed by atoms with van der Waals surface area (Å²) in [5.74, 6) is 0.568. The minimum absolute atomic E-state index is 0.525. The Morgan fingerprint density at radius 1 is 1.28 bits per heavy atom. The molecule has 18 heavy (non-hydrogen) atoms. The van der Waals surface area contributed by atoms with Crippen LogP contribution in [0.25, 0.3) is 0 Å². The van der Waals surface area contributed by atoms with Crippen LogP contribution in [0, 0.1) is 0 Å². The summed E-state index contributed by atoms with van der Waals surface area (Å²) >= 11 is 0. The van der Waals surface area contributed by atoms with Crippen LogP contribution >= 0.6 is 0 Å². The second-order valence-corrected chi connectivity index (χ2v) is 5.16. The molecular weight excluding hydrogens is 228 g/mol. The van der Waals surface area contributed by atoms with Gasteiger partial charge in [-0.25, -0.2) is 0 Å².